The first-order chi connectivity index (χ1) is 13.2. The molecule has 4 heterocycles. The summed E-state index contributed by atoms with van der Waals surface area (Å²) in [5, 5.41) is 0.778. The Balaban J connectivity index is 1.83. The summed E-state index contributed by atoms with van der Waals surface area (Å²) in [6.07, 6.45) is 5.12. The lowest BCUT2D eigenvalue weighted by Gasteiger charge is -2.30. The van der Waals surface area contributed by atoms with Crippen LogP contribution in [0, 0.1) is 0 Å². The van der Waals surface area contributed by atoms with Gasteiger partial charge in [0.25, 0.3) is 0 Å². The van der Waals surface area contributed by atoms with Crippen molar-refractivity contribution in [1.29, 1.82) is 0 Å². The molecule has 0 fully saturated rings. The number of carbonyl (C=O) groups is 1. The van der Waals surface area contributed by atoms with E-state index in [1.807, 2.05) is 25.2 Å². The van der Waals surface area contributed by atoms with Gasteiger partial charge in [-0.25, -0.2) is 19.7 Å². The molecule has 1 amide bonds. The minimum Gasteiger partial charge on any atom is -0.444 e. The van der Waals surface area contributed by atoms with Crippen LogP contribution in [0.25, 0.3) is 16.9 Å². The predicted molar refractivity (Wildman–Crippen MR) is 107 cm³/mol. The van der Waals surface area contributed by atoms with Gasteiger partial charge in [-0.3, -0.25) is 4.40 Å². The van der Waals surface area contributed by atoms with E-state index in [2.05, 4.69) is 9.97 Å². The molecule has 0 N–H and O–H groups in total. The molecular weight excluding hydrogens is 401 g/mol. The summed E-state index contributed by atoms with van der Waals surface area (Å²) in [5.74, 6) is 0. The molecule has 4 rings (SSSR count). The Bertz CT molecular complexity index is 1060. The van der Waals surface area contributed by atoms with Gasteiger partial charge in [-0.15, -0.1) is 0 Å². The van der Waals surface area contributed by atoms with Gasteiger partial charge in [-0.2, -0.15) is 0 Å². The monoisotopic (exact) mass is 419 g/mol. The number of hydrogen-bond acceptors (Lipinski definition) is 5. The highest BCUT2D eigenvalue weighted by atomic mass is 35.5. The Kier molecular flexibility index (Phi) is 4.67. The maximum absolute atomic E-state index is 12.6. The van der Waals surface area contributed by atoms with E-state index in [0.29, 0.717) is 35.2 Å². The molecular formula is C19H19Cl2N5O2. The van der Waals surface area contributed by atoms with Gasteiger partial charge in [-0.05, 0) is 26.8 Å². The second-order valence-electron chi connectivity index (χ2n) is 7.63. The minimum atomic E-state index is -0.555. The smallest absolute Gasteiger partial charge is 0.410 e. The summed E-state index contributed by atoms with van der Waals surface area (Å²) >= 11 is 12.8. The number of ether oxygens (including phenoxy) is 1. The Morgan fingerprint density at radius 2 is 1.93 bits per heavy atom. The third-order valence-electron chi connectivity index (χ3n) is 4.43. The van der Waals surface area contributed by atoms with Gasteiger partial charge < -0.3 is 9.64 Å². The predicted octanol–water partition coefficient (Wildman–Crippen LogP) is 4.39. The molecule has 7 nitrogen and oxygen atoms in total. The zero-order chi connectivity index (χ0) is 20.1. The van der Waals surface area contributed by atoms with Crippen LogP contribution in [0.4, 0.5) is 4.79 Å². The fraction of sp³-hybridized carbons (Fsp3) is 0.368. The van der Waals surface area contributed by atoms with Gasteiger partial charge >= 0.3 is 6.09 Å². The molecule has 3 aromatic rings. The van der Waals surface area contributed by atoms with Crippen LogP contribution in [0.5, 0.6) is 0 Å². The van der Waals surface area contributed by atoms with Crippen molar-refractivity contribution >= 4 is 34.9 Å². The zero-order valence-electron chi connectivity index (χ0n) is 15.7. The summed E-state index contributed by atoms with van der Waals surface area (Å²) in [4.78, 5) is 27.1. The maximum atomic E-state index is 12.6. The standard InChI is InChI=1S/C19H19Cl2N5O2/c1-19(2,3)28-18(27)25-5-4-13-15(9-25)26-14(11-7-22-10-23-8-11)6-12(20)16(21)17(26)24-13/h6-8,10H,4-5,9H2,1-3H3. The SMILES string of the molecule is CC(C)(C)OC(=O)N1CCc2nc3c(Cl)c(Cl)cc(-c4cncnc4)n3c2C1. The highest BCUT2D eigenvalue weighted by molar-refractivity contribution is 6.44. The number of rotatable bonds is 1. The molecule has 0 atom stereocenters. The molecule has 0 saturated carbocycles. The van der Waals surface area contributed by atoms with E-state index in [9.17, 15) is 4.79 Å². The second-order valence-corrected chi connectivity index (χ2v) is 8.42. The van der Waals surface area contributed by atoms with E-state index in [4.69, 9.17) is 32.9 Å². The molecule has 0 bridgehead atoms. The molecule has 0 radical (unpaired) electrons. The van der Waals surface area contributed by atoms with Crippen LogP contribution in [0.1, 0.15) is 32.2 Å². The van der Waals surface area contributed by atoms with Gasteiger partial charge in [0.05, 0.1) is 28.6 Å². The molecule has 0 unspecified atom stereocenters. The van der Waals surface area contributed by atoms with Crippen LogP contribution in [-0.4, -0.2) is 42.5 Å². The number of imidazole rings is 1. The number of aromatic nitrogens is 4. The van der Waals surface area contributed by atoms with Gasteiger partial charge in [0.1, 0.15) is 17.0 Å². The van der Waals surface area contributed by atoms with Crippen molar-refractivity contribution in [1.82, 2.24) is 24.3 Å². The topological polar surface area (TPSA) is 72.6 Å². The molecule has 3 aromatic heterocycles. The van der Waals surface area contributed by atoms with Gasteiger partial charge in [-0.1, -0.05) is 23.2 Å². The number of fused-ring (bicyclic) bond motifs is 3. The second kappa shape index (κ2) is 6.90. The van der Waals surface area contributed by atoms with E-state index in [1.54, 1.807) is 23.4 Å². The van der Waals surface area contributed by atoms with Crippen LogP contribution in [-0.2, 0) is 17.7 Å². The van der Waals surface area contributed by atoms with Crippen LogP contribution < -0.4 is 0 Å². The number of pyridine rings is 1. The normalized spacial score (nSPS) is 14.2. The van der Waals surface area contributed by atoms with Crippen molar-refractivity contribution in [3.63, 3.8) is 0 Å². The number of nitrogens with zero attached hydrogens (tertiary/aromatic N) is 5. The molecule has 9 heteroatoms. The van der Waals surface area contributed by atoms with Gasteiger partial charge in [0.15, 0.2) is 5.65 Å². The lowest BCUT2D eigenvalue weighted by Crippen LogP contribution is -2.40. The van der Waals surface area contributed by atoms with Gasteiger partial charge in [0, 0.05) is 30.9 Å². The average Bonchev–Trinajstić information content (AvgIpc) is 3.03. The maximum Gasteiger partial charge on any atom is 0.410 e. The highest BCUT2D eigenvalue weighted by Crippen LogP contribution is 2.35. The first-order valence-corrected chi connectivity index (χ1v) is 9.61. The van der Waals surface area contributed by atoms with Crippen LogP contribution in [0.2, 0.25) is 10.0 Å². The fourth-order valence-corrected chi connectivity index (χ4v) is 3.62. The lowest BCUT2D eigenvalue weighted by molar-refractivity contribution is 0.0220. The number of hydrogen-bond donors (Lipinski definition) is 0. The quantitative estimate of drug-likeness (QED) is 0.584. The summed E-state index contributed by atoms with van der Waals surface area (Å²) in [7, 11) is 0. The average molecular weight is 420 g/mol. The first kappa shape index (κ1) is 19.0. The Hall–Kier alpha value is -2.38. The third-order valence-corrected chi connectivity index (χ3v) is 5.20. The van der Waals surface area contributed by atoms with E-state index in [0.717, 1.165) is 22.6 Å². The van der Waals surface area contributed by atoms with Crippen molar-refractivity contribution in [3.8, 4) is 11.3 Å². The third kappa shape index (κ3) is 3.40. The molecule has 0 aromatic carbocycles. The van der Waals surface area contributed by atoms with Crippen molar-refractivity contribution in [3.05, 3.63) is 46.2 Å². The summed E-state index contributed by atoms with van der Waals surface area (Å²) < 4.78 is 7.46. The number of carbonyl (C=O) groups excluding carboxylic acids is 1. The molecule has 146 valence electrons. The van der Waals surface area contributed by atoms with Crippen molar-refractivity contribution in [2.24, 2.45) is 0 Å². The van der Waals surface area contributed by atoms with Crippen LogP contribution in [0.15, 0.2) is 24.8 Å². The van der Waals surface area contributed by atoms with Crippen molar-refractivity contribution in [2.75, 3.05) is 6.54 Å². The van der Waals surface area contributed by atoms with Crippen molar-refractivity contribution in [2.45, 2.75) is 39.3 Å². The minimum absolute atomic E-state index is 0.349. The lowest BCUT2D eigenvalue weighted by atomic mass is 10.1. The first-order valence-electron chi connectivity index (χ1n) is 8.86. The Morgan fingerprint density at radius 3 is 2.61 bits per heavy atom. The van der Waals surface area contributed by atoms with E-state index >= 15 is 0 Å². The number of halogens is 2. The highest BCUT2D eigenvalue weighted by Gasteiger charge is 2.30. The summed E-state index contributed by atoms with van der Waals surface area (Å²) in [6, 6.07) is 1.77. The van der Waals surface area contributed by atoms with E-state index in [-0.39, 0.29) is 6.09 Å². The number of amides is 1. The molecule has 1 aliphatic heterocycles. The largest absolute Gasteiger partial charge is 0.444 e. The zero-order valence-corrected chi connectivity index (χ0v) is 17.3. The van der Waals surface area contributed by atoms with Crippen LogP contribution >= 0.6 is 23.2 Å². The molecule has 1 aliphatic rings. The van der Waals surface area contributed by atoms with Crippen molar-refractivity contribution < 1.29 is 9.53 Å². The van der Waals surface area contributed by atoms with Gasteiger partial charge in [0.2, 0.25) is 0 Å². The molecule has 0 spiro atoms. The molecule has 28 heavy (non-hydrogen) atoms. The fourth-order valence-electron chi connectivity index (χ4n) is 3.25. The molecule has 0 aliphatic carbocycles. The Labute approximate surface area is 172 Å². The molecule has 0 saturated heterocycles. The Morgan fingerprint density at radius 1 is 1.21 bits per heavy atom. The summed E-state index contributed by atoms with van der Waals surface area (Å²) in [6.45, 7) is 6.45. The van der Waals surface area contributed by atoms with E-state index in [1.165, 1.54) is 6.33 Å². The summed E-state index contributed by atoms with van der Waals surface area (Å²) in [5.41, 5.74) is 3.32. The van der Waals surface area contributed by atoms with E-state index < -0.39 is 5.60 Å². The van der Waals surface area contributed by atoms with Crippen LogP contribution in [0.3, 0.4) is 0 Å².